The lowest BCUT2D eigenvalue weighted by atomic mass is 9.83. The number of fused-ring (bicyclic) bond motifs is 1. The number of allylic oxidation sites excluding steroid dienone is 1. The van der Waals surface area contributed by atoms with Gasteiger partial charge in [-0.1, -0.05) is 18.6 Å². The van der Waals surface area contributed by atoms with E-state index < -0.39 is 12.7 Å². The fourth-order valence-corrected chi connectivity index (χ4v) is 6.28. The smallest absolute Gasteiger partial charge is 0.406 e. The molecule has 2 aliphatic rings. The number of nitrogens with zero attached hydrogens (tertiary/aromatic N) is 2. The molecule has 1 saturated heterocycles. The van der Waals surface area contributed by atoms with Gasteiger partial charge in [-0.3, -0.25) is 4.79 Å². The number of methoxy groups -OCH3 is 1. The van der Waals surface area contributed by atoms with Crippen LogP contribution in [0.15, 0.2) is 54.7 Å². The molecule has 2 aromatic carbocycles. The molecule has 1 aliphatic carbocycles. The number of nitrogens with one attached hydrogen (secondary N) is 3. The van der Waals surface area contributed by atoms with Gasteiger partial charge in [0, 0.05) is 48.0 Å². The van der Waals surface area contributed by atoms with Crippen molar-refractivity contribution in [1.82, 2.24) is 14.8 Å². The summed E-state index contributed by atoms with van der Waals surface area (Å²) < 4.78 is 53.3. The summed E-state index contributed by atoms with van der Waals surface area (Å²) in [5.41, 5.74) is 3.86. The molecule has 0 spiro atoms. The Hall–Kier alpha value is -4.30. The topological polar surface area (TPSA) is 79.8 Å². The normalized spacial score (nSPS) is 18.4. The summed E-state index contributed by atoms with van der Waals surface area (Å²) in [6, 6.07) is 12.4. The van der Waals surface area contributed by atoms with Crippen molar-refractivity contribution in [1.29, 1.82) is 0 Å². The van der Waals surface area contributed by atoms with Gasteiger partial charge in [-0.05, 0) is 80.8 Å². The van der Waals surface area contributed by atoms with Crippen molar-refractivity contribution in [3.05, 3.63) is 66.0 Å². The van der Waals surface area contributed by atoms with Gasteiger partial charge in [0.1, 0.15) is 12.3 Å². The van der Waals surface area contributed by atoms with Crippen LogP contribution in [0.25, 0.3) is 10.9 Å². The molecule has 11 heteroatoms. The van der Waals surface area contributed by atoms with Gasteiger partial charge in [-0.2, -0.15) is 13.2 Å². The first-order valence-electron chi connectivity index (χ1n) is 15.8. The molecule has 1 saturated carbocycles. The lowest BCUT2D eigenvalue weighted by Gasteiger charge is -2.38. The Morgan fingerprint density at radius 2 is 1.85 bits per heavy atom. The van der Waals surface area contributed by atoms with E-state index in [0.717, 1.165) is 57.7 Å². The van der Waals surface area contributed by atoms with Crippen LogP contribution >= 0.6 is 0 Å². The minimum absolute atomic E-state index is 0.161. The molecule has 0 radical (unpaired) electrons. The van der Waals surface area contributed by atoms with E-state index in [4.69, 9.17) is 9.47 Å². The number of ether oxygens (including phenoxy) is 2. The van der Waals surface area contributed by atoms with E-state index in [1.165, 1.54) is 17.4 Å². The van der Waals surface area contributed by atoms with Crippen LogP contribution in [-0.2, 0) is 11.3 Å². The molecular formula is C35H42F3N5O3. The van der Waals surface area contributed by atoms with E-state index in [0.29, 0.717) is 40.4 Å². The molecule has 8 nitrogen and oxygen atoms in total. The minimum Gasteiger partial charge on any atom is -0.495 e. The standard InChI is InChI=1S/C35H42F3N5O3/c1-4-39-34(44)26-12-15-31(33(21-26)45-3)40-16-6-7-28-22-29-30(8-5-9-32(29)43(28)23-35(36,37)38)41-27-13-10-25(11-14-27)24(2)42-17-19-46-20-18-42/h5,8-9,12,15,21-22,25,27,40-41H,2,4,10-11,13-14,16-20,23H2,1,3H3,(H,39,44). The van der Waals surface area contributed by atoms with Crippen LogP contribution in [0.3, 0.4) is 0 Å². The van der Waals surface area contributed by atoms with E-state index in [1.807, 2.05) is 13.0 Å². The van der Waals surface area contributed by atoms with E-state index >= 15 is 0 Å². The Labute approximate surface area is 268 Å². The second kappa shape index (κ2) is 14.9. The van der Waals surface area contributed by atoms with Gasteiger partial charge in [0.2, 0.25) is 0 Å². The summed E-state index contributed by atoms with van der Waals surface area (Å²) in [6.45, 7) is 8.99. The average molecular weight is 638 g/mol. The number of alkyl halides is 3. The highest BCUT2D eigenvalue weighted by molar-refractivity contribution is 5.95. The predicted molar refractivity (Wildman–Crippen MR) is 175 cm³/mol. The molecule has 0 atom stereocenters. The van der Waals surface area contributed by atoms with Crippen molar-refractivity contribution < 1.29 is 27.4 Å². The molecule has 5 rings (SSSR count). The number of rotatable bonds is 10. The van der Waals surface area contributed by atoms with Gasteiger partial charge >= 0.3 is 6.18 Å². The number of hydrogen-bond donors (Lipinski definition) is 3. The second-order valence-corrected chi connectivity index (χ2v) is 11.7. The van der Waals surface area contributed by atoms with Crippen LogP contribution in [0.1, 0.15) is 48.7 Å². The zero-order valence-corrected chi connectivity index (χ0v) is 26.4. The van der Waals surface area contributed by atoms with Gasteiger partial charge in [0.15, 0.2) is 0 Å². The quantitative estimate of drug-likeness (QED) is 0.229. The number of halogens is 3. The summed E-state index contributed by atoms with van der Waals surface area (Å²) in [4.78, 5) is 14.5. The molecule has 1 aliphatic heterocycles. The SMILES string of the molecule is C=C(C1CCC(Nc2cccc3c2cc(C#CCNc2ccc(C(=O)NCC)cc2OC)n3CC(F)(F)F)CC1)N1CCOCC1. The molecule has 2 fully saturated rings. The van der Waals surface area contributed by atoms with Crippen LogP contribution in [0.4, 0.5) is 24.5 Å². The third-order valence-corrected chi connectivity index (χ3v) is 8.64. The number of carbonyl (C=O) groups excluding carboxylic acids is 1. The maximum absolute atomic E-state index is 13.7. The Morgan fingerprint density at radius 3 is 2.54 bits per heavy atom. The molecule has 0 bridgehead atoms. The van der Waals surface area contributed by atoms with Crippen LogP contribution in [0.2, 0.25) is 0 Å². The fourth-order valence-electron chi connectivity index (χ4n) is 6.28. The maximum atomic E-state index is 13.7. The van der Waals surface area contributed by atoms with Crippen molar-refractivity contribution in [2.75, 3.05) is 57.1 Å². The first-order chi connectivity index (χ1) is 22.2. The van der Waals surface area contributed by atoms with Crippen molar-refractivity contribution >= 4 is 28.2 Å². The highest BCUT2D eigenvalue weighted by atomic mass is 19.4. The van der Waals surface area contributed by atoms with E-state index in [2.05, 4.69) is 39.3 Å². The van der Waals surface area contributed by atoms with Crippen molar-refractivity contribution in [2.24, 2.45) is 5.92 Å². The Bertz CT molecular complexity index is 1590. The molecule has 3 aromatic rings. The van der Waals surface area contributed by atoms with Gasteiger partial charge in [-0.25, -0.2) is 0 Å². The van der Waals surface area contributed by atoms with Crippen molar-refractivity contribution in [3.8, 4) is 17.6 Å². The molecule has 0 unspecified atom stereocenters. The van der Waals surface area contributed by atoms with Crippen molar-refractivity contribution in [2.45, 2.75) is 51.4 Å². The van der Waals surface area contributed by atoms with Crippen molar-refractivity contribution in [3.63, 3.8) is 0 Å². The highest BCUT2D eigenvalue weighted by Gasteiger charge is 2.30. The molecule has 246 valence electrons. The van der Waals surface area contributed by atoms with Gasteiger partial charge in [-0.15, -0.1) is 0 Å². The first-order valence-corrected chi connectivity index (χ1v) is 15.8. The second-order valence-electron chi connectivity index (χ2n) is 11.7. The highest BCUT2D eigenvalue weighted by Crippen LogP contribution is 2.35. The fraction of sp³-hybridized carbons (Fsp3) is 0.457. The zero-order valence-electron chi connectivity index (χ0n) is 26.4. The largest absolute Gasteiger partial charge is 0.495 e. The van der Waals surface area contributed by atoms with Gasteiger partial charge in [0.05, 0.1) is 43.8 Å². The third kappa shape index (κ3) is 8.10. The number of benzene rings is 2. The zero-order chi connectivity index (χ0) is 32.7. The van der Waals surface area contributed by atoms with E-state index in [-0.39, 0.29) is 24.2 Å². The van der Waals surface area contributed by atoms with Crippen LogP contribution in [0, 0.1) is 17.8 Å². The molecule has 2 heterocycles. The Balaban J connectivity index is 1.29. The summed E-state index contributed by atoms with van der Waals surface area (Å²) >= 11 is 0. The molecule has 1 aromatic heterocycles. The van der Waals surface area contributed by atoms with Crippen LogP contribution < -0.4 is 20.7 Å². The molecule has 3 N–H and O–H groups in total. The predicted octanol–water partition coefficient (Wildman–Crippen LogP) is 6.24. The van der Waals surface area contributed by atoms with Gasteiger partial charge < -0.3 is 34.9 Å². The lowest BCUT2D eigenvalue weighted by molar-refractivity contribution is -0.140. The van der Waals surface area contributed by atoms with E-state index in [9.17, 15) is 18.0 Å². The number of anilines is 2. The number of morpholine rings is 1. The minimum atomic E-state index is -4.41. The molecule has 1 amide bonds. The molecular weight excluding hydrogens is 595 g/mol. The third-order valence-electron chi connectivity index (χ3n) is 8.64. The number of carbonyl (C=O) groups is 1. The van der Waals surface area contributed by atoms with Crippen LogP contribution in [-0.4, -0.2) is 74.1 Å². The average Bonchev–Trinajstić information content (AvgIpc) is 3.40. The van der Waals surface area contributed by atoms with Crippen LogP contribution in [0.5, 0.6) is 5.75 Å². The number of amides is 1. The maximum Gasteiger partial charge on any atom is 0.406 e. The lowest BCUT2D eigenvalue weighted by Crippen LogP contribution is -2.38. The summed E-state index contributed by atoms with van der Waals surface area (Å²) in [5, 5.41) is 10.2. The molecule has 46 heavy (non-hydrogen) atoms. The summed E-state index contributed by atoms with van der Waals surface area (Å²) in [7, 11) is 1.50. The monoisotopic (exact) mass is 637 g/mol. The number of aromatic nitrogens is 1. The Kier molecular flexibility index (Phi) is 10.7. The summed E-state index contributed by atoms with van der Waals surface area (Å²) in [6.07, 6.45) is -0.464. The first kappa shape index (κ1) is 33.1. The number of hydrogen-bond acceptors (Lipinski definition) is 6. The Morgan fingerprint density at radius 1 is 1.09 bits per heavy atom. The van der Waals surface area contributed by atoms with E-state index in [1.54, 1.807) is 36.4 Å². The van der Waals surface area contributed by atoms with Gasteiger partial charge in [0.25, 0.3) is 5.91 Å². The summed E-state index contributed by atoms with van der Waals surface area (Å²) in [5.74, 6) is 6.61.